The van der Waals surface area contributed by atoms with Crippen molar-refractivity contribution in [2.75, 3.05) is 10.8 Å². The van der Waals surface area contributed by atoms with Gasteiger partial charge in [0.25, 0.3) is 11.8 Å². The zero-order valence-electron chi connectivity index (χ0n) is 21.3. The van der Waals surface area contributed by atoms with Crippen LogP contribution >= 0.6 is 0 Å². The Kier molecular flexibility index (Phi) is 7.31. The summed E-state index contributed by atoms with van der Waals surface area (Å²) in [4.78, 5) is 33.3. The van der Waals surface area contributed by atoms with Gasteiger partial charge in [-0.05, 0) is 35.4 Å². The molecule has 1 unspecified atom stereocenters. The second-order valence-electron chi connectivity index (χ2n) is 9.07. The topological polar surface area (TPSA) is 176 Å². The number of hydrogen-bond donors (Lipinski definition) is 3. The first-order valence-electron chi connectivity index (χ1n) is 12.0. The maximum atomic E-state index is 13.5. The van der Waals surface area contributed by atoms with Crippen molar-refractivity contribution in [3.63, 3.8) is 0 Å². The molecule has 3 N–H and O–H groups in total. The number of anilines is 1. The molecule has 0 bridgehead atoms. The molecule has 2 aromatic carbocycles. The zero-order valence-corrected chi connectivity index (χ0v) is 22.2. The summed E-state index contributed by atoms with van der Waals surface area (Å²) in [5.41, 5.74) is -5.17. The van der Waals surface area contributed by atoms with E-state index in [0.717, 1.165) is 18.5 Å². The van der Waals surface area contributed by atoms with Gasteiger partial charge in [0.15, 0.2) is 0 Å². The number of carbonyl (C=O) groups is 2. The van der Waals surface area contributed by atoms with Crippen molar-refractivity contribution in [2.24, 2.45) is 0 Å². The number of nitrogens with zero attached hydrogens (tertiary/aromatic N) is 6. The van der Waals surface area contributed by atoms with Gasteiger partial charge in [0, 0.05) is 23.7 Å². The number of fused-ring (bicyclic) bond motifs is 1. The predicted octanol–water partition coefficient (Wildman–Crippen LogP) is 2.17. The molecule has 0 saturated carbocycles. The van der Waals surface area contributed by atoms with Crippen molar-refractivity contribution in [1.82, 2.24) is 41.2 Å². The first kappa shape index (κ1) is 28.5. The molecule has 0 saturated heterocycles. The molecule has 0 radical (unpaired) electrons. The molecule has 0 spiro atoms. The van der Waals surface area contributed by atoms with Gasteiger partial charge in [0.2, 0.25) is 5.82 Å². The number of H-pyrrole nitrogens is 1. The molecule has 18 heteroatoms. The van der Waals surface area contributed by atoms with E-state index in [0.29, 0.717) is 11.1 Å². The Morgan fingerprint density at radius 1 is 1.07 bits per heavy atom. The number of aromatic nitrogens is 6. The molecule has 1 aliphatic heterocycles. The maximum absolute atomic E-state index is 13.5. The third-order valence-electron chi connectivity index (χ3n) is 6.32. The second kappa shape index (κ2) is 10.8. The molecular weight excluding hydrogens is 586 g/mol. The molecule has 0 fully saturated rings. The Hall–Kier alpha value is -5.00. The fourth-order valence-corrected chi connectivity index (χ4v) is 5.26. The minimum Gasteiger partial charge on any atom is -0.347 e. The van der Waals surface area contributed by atoms with E-state index < -0.39 is 45.7 Å². The van der Waals surface area contributed by atoms with Gasteiger partial charge in [-0.3, -0.25) is 13.9 Å². The summed E-state index contributed by atoms with van der Waals surface area (Å²) < 4.78 is 78.9. The number of aromatic amines is 1. The summed E-state index contributed by atoms with van der Waals surface area (Å²) in [5.74, 6) is -1.95. The molecule has 218 valence electrons. The lowest BCUT2D eigenvalue weighted by molar-refractivity contribution is -0.0438. The molecule has 42 heavy (non-hydrogen) atoms. The Morgan fingerprint density at radius 3 is 2.48 bits per heavy atom. The van der Waals surface area contributed by atoms with E-state index in [-0.39, 0.29) is 44.9 Å². The van der Waals surface area contributed by atoms with Crippen molar-refractivity contribution in [3.8, 4) is 11.4 Å². The Balaban J connectivity index is 1.36. The van der Waals surface area contributed by atoms with Crippen LogP contribution < -0.4 is 14.9 Å². The number of alkyl halides is 3. The number of rotatable bonds is 7. The van der Waals surface area contributed by atoms with E-state index in [1.165, 1.54) is 24.3 Å². The van der Waals surface area contributed by atoms with Gasteiger partial charge in [0.1, 0.15) is 23.5 Å². The third-order valence-corrected chi connectivity index (χ3v) is 7.83. The minimum atomic E-state index is -5.84. The van der Waals surface area contributed by atoms with Crippen LogP contribution in [0.3, 0.4) is 0 Å². The molecule has 13 nitrogen and oxygen atoms in total. The fraction of sp³-hybridized carbons (Fsp3) is 0.208. The van der Waals surface area contributed by atoms with Gasteiger partial charge in [-0.2, -0.15) is 26.8 Å². The third kappa shape index (κ3) is 5.47. The molecule has 1 aliphatic rings. The van der Waals surface area contributed by atoms with Gasteiger partial charge in [-0.25, -0.2) is 14.4 Å². The van der Waals surface area contributed by atoms with Crippen LogP contribution in [0.15, 0.2) is 48.8 Å². The summed E-state index contributed by atoms with van der Waals surface area (Å²) in [6, 6.07) is 8.09. The number of benzene rings is 2. The number of halogens is 4. The van der Waals surface area contributed by atoms with Gasteiger partial charge in [0.05, 0.1) is 18.3 Å². The van der Waals surface area contributed by atoms with Crippen LogP contribution in [0.1, 0.15) is 43.7 Å². The second-order valence-corrected chi connectivity index (χ2v) is 10.9. The molecule has 2 aromatic heterocycles. The minimum absolute atomic E-state index is 0.0102. The first-order chi connectivity index (χ1) is 19.8. The molecule has 4 aromatic rings. The molecule has 2 amide bonds. The van der Waals surface area contributed by atoms with E-state index in [1.54, 1.807) is 13.0 Å². The van der Waals surface area contributed by atoms with Crippen LogP contribution in [-0.2, 0) is 16.6 Å². The number of hydrogen-bond acceptors (Lipinski definition) is 9. The first-order valence-corrected chi connectivity index (χ1v) is 13.4. The largest absolute Gasteiger partial charge is 0.516 e. The van der Waals surface area contributed by atoms with Crippen molar-refractivity contribution >= 4 is 27.5 Å². The Bertz CT molecular complexity index is 1780. The maximum Gasteiger partial charge on any atom is 0.516 e. The molecule has 0 aliphatic carbocycles. The number of sulfonamides is 1. The van der Waals surface area contributed by atoms with E-state index in [2.05, 4.69) is 41.2 Å². The highest BCUT2D eigenvalue weighted by molar-refractivity contribution is 7.93. The van der Waals surface area contributed by atoms with E-state index in [9.17, 15) is 35.6 Å². The van der Waals surface area contributed by atoms with Crippen molar-refractivity contribution in [1.29, 1.82) is 0 Å². The summed E-state index contributed by atoms with van der Waals surface area (Å²) in [6.07, 6.45) is 0.950. The van der Waals surface area contributed by atoms with E-state index >= 15 is 0 Å². The Labute approximate surface area is 234 Å². The number of aryl methyl sites for hydroxylation is 1. The summed E-state index contributed by atoms with van der Waals surface area (Å²) in [7, 11) is -5.84. The SMILES string of the molecule is Cc1cc(CNC(=O)c2cc(C(=O)NC3CN(S(=O)(=O)C(F)(F)F)c4cc(-c5nn[nH]n5)ccc43)ncn2)ccc1F. The lowest BCUT2D eigenvalue weighted by Gasteiger charge is -2.21. The summed E-state index contributed by atoms with van der Waals surface area (Å²) in [6.45, 7) is 0.844. The highest BCUT2D eigenvalue weighted by atomic mass is 32.2. The lowest BCUT2D eigenvalue weighted by atomic mass is 10.1. The van der Waals surface area contributed by atoms with Crippen LogP contribution in [-0.4, -0.2) is 62.9 Å². The smallest absolute Gasteiger partial charge is 0.347 e. The van der Waals surface area contributed by atoms with Crippen LogP contribution in [0.5, 0.6) is 0 Å². The van der Waals surface area contributed by atoms with Gasteiger partial charge >= 0.3 is 15.5 Å². The Morgan fingerprint density at radius 2 is 1.81 bits per heavy atom. The number of carbonyl (C=O) groups excluding carboxylic acids is 2. The van der Waals surface area contributed by atoms with E-state index in [1.807, 2.05) is 0 Å². The van der Waals surface area contributed by atoms with Crippen LogP contribution in [0.2, 0.25) is 0 Å². The van der Waals surface area contributed by atoms with Crippen molar-refractivity contribution in [2.45, 2.75) is 25.0 Å². The van der Waals surface area contributed by atoms with Crippen molar-refractivity contribution in [3.05, 3.63) is 82.7 Å². The zero-order chi connectivity index (χ0) is 30.2. The number of amides is 2. The van der Waals surface area contributed by atoms with Gasteiger partial charge in [-0.15, -0.1) is 10.2 Å². The summed E-state index contributed by atoms with van der Waals surface area (Å²) >= 11 is 0. The number of tetrazole rings is 1. The van der Waals surface area contributed by atoms with Gasteiger partial charge in [-0.1, -0.05) is 24.3 Å². The summed E-state index contributed by atoms with van der Waals surface area (Å²) in [5, 5.41) is 18.1. The van der Waals surface area contributed by atoms with Crippen LogP contribution in [0, 0.1) is 12.7 Å². The van der Waals surface area contributed by atoms with Gasteiger partial charge < -0.3 is 10.6 Å². The lowest BCUT2D eigenvalue weighted by Crippen LogP contribution is -2.42. The quantitative estimate of drug-likeness (QED) is 0.267. The monoisotopic (exact) mass is 605 g/mol. The fourth-order valence-electron chi connectivity index (χ4n) is 4.24. The van der Waals surface area contributed by atoms with E-state index in [4.69, 9.17) is 0 Å². The predicted molar refractivity (Wildman–Crippen MR) is 136 cm³/mol. The van der Waals surface area contributed by atoms with Crippen LogP contribution in [0.4, 0.5) is 23.2 Å². The standard InChI is InChI=1S/C24H19F4N9O4S/c1-12-6-13(2-5-16(12)25)9-29-22(38)17-8-18(31-11-30-17)23(39)32-19-10-37(42(40,41)24(26,27)28)20-7-14(3-4-15(19)20)21-33-35-36-34-21/h2-8,11,19H,9-10H2,1H3,(H,29,38)(H,32,39)(H,33,34,35,36). The highest BCUT2D eigenvalue weighted by Gasteiger charge is 2.53. The molecule has 1 atom stereocenters. The normalized spacial score (nSPS) is 14.9. The van der Waals surface area contributed by atoms with Crippen LogP contribution in [0.25, 0.3) is 11.4 Å². The molecular formula is C24H19F4N9O4S. The van der Waals surface area contributed by atoms with Crippen molar-refractivity contribution < 1.29 is 35.6 Å². The molecule has 3 heterocycles. The highest BCUT2D eigenvalue weighted by Crippen LogP contribution is 2.42. The average molecular weight is 606 g/mol. The molecule has 5 rings (SSSR count). The number of nitrogens with one attached hydrogen (secondary N) is 3. The average Bonchev–Trinajstić information content (AvgIpc) is 3.62.